The number of rotatable bonds is 9. The molecule has 0 bridgehead atoms. The van der Waals surface area contributed by atoms with Gasteiger partial charge in [-0.3, -0.25) is 4.79 Å². The first-order chi connectivity index (χ1) is 17.0. The molecule has 0 aliphatic carbocycles. The standard InChI is InChI=1S/C27H27F3N2O4/c1-16(2)24-22(12-11-20(33)14-21(34)15-23(35)36)25(17-7-4-3-5-8-17)32-26(31-24)18-9-6-10-19(13-18)27(28,29)30/h3-13,16,20-21,33-34H,14-15H2,1-2H3,(H,35,36). The Labute approximate surface area is 206 Å². The minimum atomic E-state index is -4.51. The van der Waals surface area contributed by atoms with Gasteiger partial charge in [0.15, 0.2) is 5.82 Å². The van der Waals surface area contributed by atoms with Gasteiger partial charge in [0, 0.05) is 23.1 Å². The summed E-state index contributed by atoms with van der Waals surface area (Å²) in [6, 6.07) is 13.9. The van der Waals surface area contributed by atoms with Crippen LogP contribution in [0.1, 0.15) is 49.4 Å². The van der Waals surface area contributed by atoms with Gasteiger partial charge in [0.05, 0.1) is 35.6 Å². The van der Waals surface area contributed by atoms with Crippen LogP contribution in [0.5, 0.6) is 0 Å². The largest absolute Gasteiger partial charge is 0.481 e. The normalized spacial score (nSPS) is 13.8. The van der Waals surface area contributed by atoms with Crippen LogP contribution in [0, 0.1) is 0 Å². The Kier molecular flexibility index (Phi) is 8.60. The van der Waals surface area contributed by atoms with Gasteiger partial charge in [0.25, 0.3) is 0 Å². The van der Waals surface area contributed by atoms with E-state index in [1.807, 2.05) is 32.0 Å². The van der Waals surface area contributed by atoms with Crippen LogP contribution in [0.3, 0.4) is 0 Å². The average molecular weight is 501 g/mol. The van der Waals surface area contributed by atoms with E-state index in [9.17, 15) is 28.2 Å². The lowest BCUT2D eigenvalue weighted by atomic mass is 9.96. The van der Waals surface area contributed by atoms with Gasteiger partial charge in [-0.05, 0) is 18.1 Å². The van der Waals surface area contributed by atoms with Gasteiger partial charge in [-0.25, -0.2) is 9.97 Å². The molecule has 0 spiro atoms. The van der Waals surface area contributed by atoms with Gasteiger partial charge >= 0.3 is 12.1 Å². The maximum atomic E-state index is 13.3. The monoisotopic (exact) mass is 500 g/mol. The summed E-state index contributed by atoms with van der Waals surface area (Å²) >= 11 is 0. The molecule has 0 saturated heterocycles. The van der Waals surface area contributed by atoms with E-state index in [0.29, 0.717) is 22.5 Å². The number of alkyl halides is 3. The lowest BCUT2D eigenvalue weighted by Gasteiger charge is -2.17. The van der Waals surface area contributed by atoms with Crippen molar-refractivity contribution in [3.05, 3.63) is 77.5 Å². The summed E-state index contributed by atoms with van der Waals surface area (Å²) in [6.07, 6.45) is -4.51. The second kappa shape index (κ2) is 11.5. The minimum Gasteiger partial charge on any atom is -0.481 e. The van der Waals surface area contributed by atoms with Crippen LogP contribution >= 0.6 is 0 Å². The summed E-state index contributed by atoms with van der Waals surface area (Å²) in [5.74, 6) is -1.18. The molecule has 0 aliphatic rings. The summed E-state index contributed by atoms with van der Waals surface area (Å²) in [4.78, 5) is 20.0. The maximum absolute atomic E-state index is 13.3. The number of carbonyl (C=O) groups is 1. The number of aliphatic hydroxyl groups is 2. The number of nitrogens with zero attached hydrogens (tertiary/aromatic N) is 2. The van der Waals surface area contributed by atoms with E-state index >= 15 is 0 Å². The Balaban J connectivity index is 2.12. The summed E-state index contributed by atoms with van der Waals surface area (Å²) in [5, 5.41) is 29.0. The molecule has 36 heavy (non-hydrogen) atoms. The zero-order chi connectivity index (χ0) is 26.5. The first-order valence-corrected chi connectivity index (χ1v) is 11.4. The fourth-order valence-electron chi connectivity index (χ4n) is 3.72. The van der Waals surface area contributed by atoms with Gasteiger partial charge in [-0.15, -0.1) is 0 Å². The molecule has 3 aromatic rings. The molecule has 1 aromatic heterocycles. The molecular formula is C27H27F3N2O4. The molecule has 6 nitrogen and oxygen atoms in total. The number of benzene rings is 2. The van der Waals surface area contributed by atoms with Crippen molar-refractivity contribution in [1.29, 1.82) is 0 Å². The van der Waals surface area contributed by atoms with E-state index in [2.05, 4.69) is 9.97 Å². The van der Waals surface area contributed by atoms with Gasteiger partial charge in [0.1, 0.15) is 0 Å². The molecule has 3 N–H and O–H groups in total. The molecule has 0 aliphatic heterocycles. The summed E-state index contributed by atoms with van der Waals surface area (Å²) < 4.78 is 39.9. The van der Waals surface area contributed by atoms with E-state index < -0.39 is 36.3 Å². The molecule has 9 heteroatoms. The Hall–Kier alpha value is -3.56. The second-order valence-corrected chi connectivity index (χ2v) is 8.71. The van der Waals surface area contributed by atoms with E-state index in [1.54, 1.807) is 18.2 Å². The second-order valence-electron chi connectivity index (χ2n) is 8.71. The Morgan fingerprint density at radius 2 is 1.67 bits per heavy atom. The van der Waals surface area contributed by atoms with Crippen LogP contribution < -0.4 is 0 Å². The third kappa shape index (κ3) is 6.99. The summed E-state index contributed by atoms with van der Waals surface area (Å²) in [5.41, 5.74) is 1.72. The highest BCUT2D eigenvalue weighted by Crippen LogP contribution is 2.34. The number of aliphatic hydroxyl groups excluding tert-OH is 2. The van der Waals surface area contributed by atoms with E-state index in [0.717, 1.165) is 12.1 Å². The fraction of sp³-hybridized carbons (Fsp3) is 0.296. The fourth-order valence-corrected chi connectivity index (χ4v) is 3.72. The lowest BCUT2D eigenvalue weighted by molar-refractivity contribution is -0.139. The zero-order valence-corrected chi connectivity index (χ0v) is 19.8. The number of carboxylic acids is 1. The predicted molar refractivity (Wildman–Crippen MR) is 130 cm³/mol. The number of hydrogen-bond donors (Lipinski definition) is 3. The highest BCUT2D eigenvalue weighted by Gasteiger charge is 2.31. The number of hydrogen-bond acceptors (Lipinski definition) is 5. The van der Waals surface area contributed by atoms with Crippen LogP contribution in [0.15, 0.2) is 60.7 Å². The number of carboxylic acid groups (broad SMARTS) is 1. The third-order valence-electron chi connectivity index (χ3n) is 5.43. The molecule has 0 fully saturated rings. The molecule has 0 saturated carbocycles. The zero-order valence-electron chi connectivity index (χ0n) is 19.8. The highest BCUT2D eigenvalue weighted by atomic mass is 19.4. The van der Waals surface area contributed by atoms with Crippen molar-refractivity contribution in [2.24, 2.45) is 0 Å². The maximum Gasteiger partial charge on any atom is 0.416 e. The molecule has 2 unspecified atom stereocenters. The van der Waals surface area contributed by atoms with Crippen molar-refractivity contribution in [1.82, 2.24) is 9.97 Å². The Morgan fingerprint density at radius 1 is 1.00 bits per heavy atom. The molecule has 2 atom stereocenters. The third-order valence-corrected chi connectivity index (χ3v) is 5.43. The molecule has 2 aromatic carbocycles. The van der Waals surface area contributed by atoms with E-state index in [4.69, 9.17) is 5.11 Å². The molecule has 0 radical (unpaired) electrons. The van der Waals surface area contributed by atoms with Crippen molar-refractivity contribution < 1.29 is 33.3 Å². The SMILES string of the molecule is CC(C)c1nc(-c2cccc(C(F)(F)F)c2)nc(-c2ccccc2)c1C=CC(O)CC(O)CC(=O)O. The molecular weight excluding hydrogens is 473 g/mol. The molecule has 1 heterocycles. The first kappa shape index (κ1) is 27.0. The van der Waals surface area contributed by atoms with Crippen LogP contribution in [0.25, 0.3) is 28.7 Å². The highest BCUT2D eigenvalue weighted by molar-refractivity contribution is 5.76. The van der Waals surface area contributed by atoms with Gasteiger partial charge in [-0.2, -0.15) is 13.2 Å². The van der Waals surface area contributed by atoms with Crippen LogP contribution in [-0.2, 0) is 11.0 Å². The number of aliphatic carboxylic acids is 1. The van der Waals surface area contributed by atoms with Crippen LogP contribution in [0.4, 0.5) is 13.2 Å². The molecule has 0 amide bonds. The van der Waals surface area contributed by atoms with Crippen molar-refractivity contribution in [3.8, 4) is 22.6 Å². The predicted octanol–water partition coefficient (Wildman–Crippen LogP) is 5.55. The van der Waals surface area contributed by atoms with Gasteiger partial charge < -0.3 is 15.3 Å². The van der Waals surface area contributed by atoms with E-state index in [-0.39, 0.29) is 23.7 Å². The van der Waals surface area contributed by atoms with Gasteiger partial charge in [0.2, 0.25) is 0 Å². The van der Waals surface area contributed by atoms with Gasteiger partial charge in [-0.1, -0.05) is 68.5 Å². The Bertz CT molecular complexity index is 1230. The Morgan fingerprint density at radius 3 is 2.28 bits per heavy atom. The average Bonchev–Trinajstić information content (AvgIpc) is 2.81. The number of aromatic nitrogens is 2. The number of halogens is 3. The van der Waals surface area contributed by atoms with Crippen molar-refractivity contribution in [3.63, 3.8) is 0 Å². The summed E-state index contributed by atoms with van der Waals surface area (Å²) in [6.45, 7) is 3.77. The summed E-state index contributed by atoms with van der Waals surface area (Å²) in [7, 11) is 0. The first-order valence-electron chi connectivity index (χ1n) is 11.4. The van der Waals surface area contributed by atoms with E-state index in [1.165, 1.54) is 18.2 Å². The topological polar surface area (TPSA) is 104 Å². The van der Waals surface area contributed by atoms with Crippen LogP contribution in [-0.4, -0.2) is 43.5 Å². The van der Waals surface area contributed by atoms with Crippen molar-refractivity contribution in [2.45, 2.75) is 51.0 Å². The van der Waals surface area contributed by atoms with Crippen LogP contribution in [0.2, 0.25) is 0 Å². The molecule has 3 rings (SSSR count). The molecule has 190 valence electrons. The van der Waals surface area contributed by atoms with Crippen molar-refractivity contribution in [2.75, 3.05) is 0 Å². The minimum absolute atomic E-state index is 0.137. The lowest BCUT2D eigenvalue weighted by Crippen LogP contribution is -2.19. The smallest absolute Gasteiger partial charge is 0.416 e. The van der Waals surface area contributed by atoms with Crippen molar-refractivity contribution >= 4 is 12.0 Å². The quantitative estimate of drug-likeness (QED) is 0.356.